The lowest BCUT2D eigenvalue weighted by molar-refractivity contribution is -0.128. The minimum Gasteiger partial charge on any atom is -0.494 e. The van der Waals surface area contributed by atoms with E-state index in [9.17, 15) is 9.59 Å². The van der Waals surface area contributed by atoms with Crippen molar-refractivity contribution in [1.29, 1.82) is 0 Å². The first-order valence-corrected chi connectivity index (χ1v) is 9.00. The van der Waals surface area contributed by atoms with Gasteiger partial charge in [-0.1, -0.05) is 26.0 Å². The number of carbonyl (C=O) groups excluding carboxylic acids is 2. The number of hydrogen-bond donors (Lipinski definition) is 2. The molecule has 144 valence electrons. The maximum absolute atomic E-state index is 12.1. The first kappa shape index (κ1) is 20.3. The number of rotatable bonds is 7. The van der Waals surface area contributed by atoms with Gasteiger partial charge in [-0.2, -0.15) is 0 Å². The normalized spacial score (nSPS) is 11.6. The summed E-state index contributed by atoms with van der Waals surface area (Å²) in [5, 5.41) is 0. The van der Waals surface area contributed by atoms with Crippen molar-refractivity contribution in [3.63, 3.8) is 0 Å². The van der Waals surface area contributed by atoms with Crippen LogP contribution in [0.5, 0.6) is 11.5 Å². The highest BCUT2D eigenvalue weighted by atomic mass is 16.5. The van der Waals surface area contributed by atoms with Crippen molar-refractivity contribution in [2.45, 2.75) is 39.7 Å². The first-order valence-electron chi connectivity index (χ1n) is 9.00. The van der Waals surface area contributed by atoms with Crippen LogP contribution < -0.4 is 20.3 Å². The van der Waals surface area contributed by atoms with E-state index in [1.807, 2.05) is 19.1 Å². The second-order valence-corrected chi connectivity index (χ2v) is 6.38. The number of benzene rings is 2. The molecule has 0 aromatic heterocycles. The molecule has 0 spiro atoms. The van der Waals surface area contributed by atoms with Crippen LogP contribution in [-0.4, -0.2) is 24.5 Å². The van der Waals surface area contributed by atoms with Gasteiger partial charge in [-0.25, -0.2) is 0 Å². The summed E-state index contributed by atoms with van der Waals surface area (Å²) in [5.41, 5.74) is 6.40. The molecule has 2 aromatic carbocycles. The Labute approximate surface area is 159 Å². The van der Waals surface area contributed by atoms with E-state index in [0.717, 1.165) is 11.3 Å². The van der Waals surface area contributed by atoms with Crippen molar-refractivity contribution in [1.82, 2.24) is 10.9 Å². The van der Waals surface area contributed by atoms with E-state index >= 15 is 0 Å². The highest BCUT2D eigenvalue weighted by Crippen LogP contribution is 2.18. The van der Waals surface area contributed by atoms with Gasteiger partial charge in [0.05, 0.1) is 6.61 Å². The fourth-order valence-electron chi connectivity index (χ4n) is 2.35. The zero-order chi connectivity index (χ0) is 19.8. The number of nitrogens with one attached hydrogen (secondary N) is 2. The predicted octanol–water partition coefficient (Wildman–Crippen LogP) is 3.44. The Kier molecular flexibility index (Phi) is 7.23. The summed E-state index contributed by atoms with van der Waals surface area (Å²) in [6.45, 7) is 8.26. The zero-order valence-electron chi connectivity index (χ0n) is 16.1. The van der Waals surface area contributed by atoms with E-state index < -0.39 is 12.0 Å². The molecule has 6 heteroatoms. The van der Waals surface area contributed by atoms with Crippen LogP contribution >= 0.6 is 0 Å². The van der Waals surface area contributed by atoms with Crippen molar-refractivity contribution in [2.24, 2.45) is 0 Å². The minimum atomic E-state index is -0.772. The van der Waals surface area contributed by atoms with Gasteiger partial charge in [0.1, 0.15) is 11.5 Å². The summed E-state index contributed by atoms with van der Waals surface area (Å²) in [5.74, 6) is 0.833. The lowest BCUT2D eigenvalue weighted by atomic mass is 10.0. The molecule has 0 radical (unpaired) electrons. The molecule has 2 N–H and O–H groups in total. The Morgan fingerprint density at radius 2 is 1.48 bits per heavy atom. The van der Waals surface area contributed by atoms with E-state index in [4.69, 9.17) is 9.47 Å². The second-order valence-electron chi connectivity index (χ2n) is 6.38. The number of hydrazine groups is 1. The second kappa shape index (κ2) is 9.62. The lowest BCUT2D eigenvalue weighted by Crippen LogP contribution is -2.47. The molecule has 0 aliphatic heterocycles. The van der Waals surface area contributed by atoms with Crippen LogP contribution in [0.4, 0.5) is 0 Å². The summed E-state index contributed by atoms with van der Waals surface area (Å²) in [6, 6.07) is 14.3. The maximum Gasteiger partial charge on any atom is 0.279 e. The minimum absolute atomic E-state index is 0.382. The predicted molar refractivity (Wildman–Crippen MR) is 104 cm³/mol. The highest BCUT2D eigenvalue weighted by molar-refractivity contribution is 5.95. The fraction of sp³-hybridized carbons (Fsp3) is 0.333. The van der Waals surface area contributed by atoms with Crippen molar-refractivity contribution in [3.8, 4) is 11.5 Å². The monoisotopic (exact) mass is 370 g/mol. The number of amides is 2. The Hall–Kier alpha value is -3.02. The average Bonchev–Trinajstić information content (AvgIpc) is 2.67. The summed E-state index contributed by atoms with van der Waals surface area (Å²) in [7, 11) is 0. The molecule has 2 rings (SSSR count). The fourth-order valence-corrected chi connectivity index (χ4v) is 2.35. The molecule has 1 atom stereocenters. The molecule has 0 unspecified atom stereocenters. The van der Waals surface area contributed by atoms with Crippen LogP contribution in [0.15, 0.2) is 48.5 Å². The van der Waals surface area contributed by atoms with Gasteiger partial charge in [0.25, 0.3) is 11.8 Å². The van der Waals surface area contributed by atoms with Crippen LogP contribution in [0, 0.1) is 0 Å². The molecule has 0 aliphatic carbocycles. The Bertz CT molecular complexity index is 755. The van der Waals surface area contributed by atoms with Gasteiger partial charge in [0, 0.05) is 5.56 Å². The average molecular weight is 370 g/mol. The molecular weight excluding hydrogens is 344 g/mol. The molecule has 0 saturated carbocycles. The molecular formula is C21H26N2O4. The van der Waals surface area contributed by atoms with E-state index in [1.165, 1.54) is 0 Å². The molecule has 2 amide bonds. The summed E-state index contributed by atoms with van der Waals surface area (Å²) < 4.78 is 10.9. The van der Waals surface area contributed by atoms with E-state index in [0.29, 0.717) is 23.8 Å². The molecule has 6 nitrogen and oxygen atoms in total. The Balaban J connectivity index is 1.84. The van der Waals surface area contributed by atoms with Gasteiger partial charge in [-0.3, -0.25) is 20.4 Å². The Morgan fingerprint density at radius 1 is 0.889 bits per heavy atom. The van der Waals surface area contributed by atoms with Crippen LogP contribution in [0.3, 0.4) is 0 Å². The number of hydrogen-bond acceptors (Lipinski definition) is 4. The number of carbonyl (C=O) groups is 2. The molecule has 0 fully saturated rings. The first-order chi connectivity index (χ1) is 12.9. The lowest BCUT2D eigenvalue weighted by Gasteiger charge is -2.15. The Morgan fingerprint density at radius 3 is 2.04 bits per heavy atom. The van der Waals surface area contributed by atoms with E-state index in [-0.39, 0.29) is 5.91 Å². The topological polar surface area (TPSA) is 76.7 Å². The number of ether oxygens (including phenoxy) is 2. The highest BCUT2D eigenvalue weighted by Gasteiger charge is 2.16. The standard InChI is InChI=1S/C21H26N2O4/c1-5-26-18-10-12-19(13-11-18)27-15(4)20(24)22-23-21(25)17-8-6-16(7-9-17)14(2)3/h6-15H,5H2,1-4H3,(H,22,24)(H,23,25)/t15-/m0/s1. The quantitative estimate of drug-likeness (QED) is 0.732. The third kappa shape index (κ3) is 6.02. The molecule has 0 heterocycles. The van der Waals surface area contributed by atoms with Crippen molar-refractivity contribution < 1.29 is 19.1 Å². The van der Waals surface area contributed by atoms with Crippen molar-refractivity contribution in [3.05, 3.63) is 59.7 Å². The zero-order valence-corrected chi connectivity index (χ0v) is 16.1. The summed E-state index contributed by atoms with van der Waals surface area (Å²) in [4.78, 5) is 24.3. The third-order valence-corrected chi connectivity index (χ3v) is 3.96. The van der Waals surface area contributed by atoms with Crippen molar-refractivity contribution >= 4 is 11.8 Å². The van der Waals surface area contributed by atoms with Crippen LogP contribution in [0.2, 0.25) is 0 Å². The largest absolute Gasteiger partial charge is 0.494 e. The molecule has 2 aromatic rings. The van der Waals surface area contributed by atoms with Gasteiger partial charge >= 0.3 is 0 Å². The van der Waals surface area contributed by atoms with Crippen LogP contribution in [0.25, 0.3) is 0 Å². The molecule has 0 saturated heterocycles. The van der Waals surface area contributed by atoms with Gasteiger partial charge in [0.15, 0.2) is 6.10 Å². The molecule has 0 bridgehead atoms. The van der Waals surface area contributed by atoms with Crippen LogP contribution in [-0.2, 0) is 4.79 Å². The van der Waals surface area contributed by atoms with Gasteiger partial charge in [0.2, 0.25) is 0 Å². The van der Waals surface area contributed by atoms with E-state index in [1.54, 1.807) is 43.3 Å². The van der Waals surface area contributed by atoms with Crippen molar-refractivity contribution in [2.75, 3.05) is 6.61 Å². The smallest absolute Gasteiger partial charge is 0.279 e. The van der Waals surface area contributed by atoms with Gasteiger partial charge in [-0.15, -0.1) is 0 Å². The van der Waals surface area contributed by atoms with E-state index in [2.05, 4.69) is 24.7 Å². The van der Waals surface area contributed by atoms with Crippen LogP contribution in [0.1, 0.15) is 49.5 Å². The van der Waals surface area contributed by atoms with Gasteiger partial charge < -0.3 is 9.47 Å². The molecule has 0 aliphatic rings. The molecule has 27 heavy (non-hydrogen) atoms. The maximum atomic E-state index is 12.1. The third-order valence-electron chi connectivity index (χ3n) is 3.96. The summed E-state index contributed by atoms with van der Waals surface area (Å²) in [6.07, 6.45) is -0.772. The SMILES string of the molecule is CCOc1ccc(O[C@@H](C)C(=O)NNC(=O)c2ccc(C(C)C)cc2)cc1. The summed E-state index contributed by atoms with van der Waals surface area (Å²) >= 11 is 0. The van der Waals surface area contributed by atoms with Gasteiger partial charge in [-0.05, 0) is 61.7 Å².